The topological polar surface area (TPSA) is 25.8 Å². The summed E-state index contributed by atoms with van der Waals surface area (Å²) in [4.78, 5) is 8.47. The van der Waals surface area contributed by atoms with Gasteiger partial charge >= 0.3 is 100 Å². The SMILES string of the molecule is [K][c]1ccnc2cccnc12. The van der Waals surface area contributed by atoms with Gasteiger partial charge in [-0.1, -0.05) is 0 Å². The first kappa shape index (κ1) is 7.83. The number of aromatic nitrogens is 2. The van der Waals surface area contributed by atoms with Gasteiger partial charge in [-0.15, -0.1) is 0 Å². The number of pyridine rings is 2. The Morgan fingerprint density at radius 3 is 2.82 bits per heavy atom. The molecule has 2 heterocycles. The van der Waals surface area contributed by atoms with Gasteiger partial charge in [0.15, 0.2) is 0 Å². The Kier molecular flexibility index (Phi) is 2.34. The van der Waals surface area contributed by atoms with Crippen LogP contribution in [0.15, 0.2) is 30.6 Å². The third kappa shape index (κ3) is 1.52. The average Bonchev–Trinajstić information content (AvgIpc) is 2.06. The fourth-order valence-corrected chi connectivity index (χ4v) is 1.95. The van der Waals surface area contributed by atoms with Crippen molar-refractivity contribution < 1.29 is 0 Å². The first-order chi connectivity index (χ1) is 5.38. The van der Waals surface area contributed by atoms with E-state index in [4.69, 9.17) is 0 Å². The van der Waals surface area contributed by atoms with Crippen molar-refractivity contribution in [1.82, 2.24) is 9.97 Å². The summed E-state index contributed by atoms with van der Waals surface area (Å²) in [6.45, 7) is 0. The Morgan fingerprint density at radius 1 is 1.09 bits per heavy atom. The van der Waals surface area contributed by atoms with Crippen LogP contribution in [0.4, 0.5) is 0 Å². The minimum absolute atomic E-state index is 0.683. The molecule has 0 aromatic carbocycles. The van der Waals surface area contributed by atoms with Crippen LogP contribution < -0.4 is -0.342 Å². The molecule has 0 N–H and O–H groups in total. The summed E-state index contributed by atoms with van der Waals surface area (Å²) < 4.78 is 1.36. The van der Waals surface area contributed by atoms with Gasteiger partial charge in [-0.05, 0) is 0 Å². The van der Waals surface area contributed by atoms with Crippen molar-refractivity contribution in [2.24, 2.45) is 0 Å². The molecule has 0 saturated carbocycles. The predicted molar refractivity (Wildman–Crippen MR) is 44.9 cm³/mol. The van der Waals surface area contributed by atoms with Gasteiger partial charge in [-0.25, -0.2) is 0 Å². The quantitative estimate of drug-likeness (QED) is 0.533. The van der Waals surface area contributed by atoms with Crippen molar-refractivity contribution >= 4 is 59.6 Å². The van der Waals surface area contributed by atoms with Gasteiger partial charge < -0.3 is 0 Å². The maximum absolute atomic E-state index is 4.27. The third-order valence-corrected chi connectivity index (χ3v) is 2.96. The molecule has 0 aliphatic heterocycles. The van der Waals surface area contributed by atoms with E-state index in [1.807, 2.05) is 24.5 Å². The molecular formula is C8H5KN2. The van der Waals surface area contributed by atoms with Gasteiger partial charge in [0.25, 0.3) is 0 Å². The van der Waals surface area contributed by atoms with Gasteiger partial charge in [-0.2, -0.15) is 0 Å². The molecule has 2 aromatic heterocycles. The molecule has 48 valence electrons. The van der Waals surface area contributed by atoms with Crippen molar-refractivity contribution in [3.8, 4) is 0 Å². The molecule has 0 aliphatic rings. The van der Waals surface area contributed by atoms with Gasteiger partial charge in [-0.3, -0.25) is 0 Å². The van der Waals surface area contributed by atoms with Crippen LogP contribution in [0.2, 0.25) is 0 Å². The molecule has 0 bridgehead atoms. The van der Waals surface area contributed by atoms with E-state index in [2.05, 4.69) is 16.0 Å². The molecule has 0 fully saturated rings. The number of rotatable bonds is 0. The average molecular weight is 168 g/mol. The van der Waals surface area contributed by atoms with Crippen LogP contribution in [0.25, 0.3) is 11.0 Å². The zero-order valence-corrected chi connectivity index (χ0v) is 9.40. The van der Waals surface area contributed by atoms with E-state index in [0.717, 1.165) is 11.0 Å². The Bertz CT molecular complexity index is 381. The molecule has 2 aromatic rings. The van der Waals surface area contributed by atoms with Crippen molar-refractivity contribution in [3.63, 3.8) is 0 Å². The van der Waals surface area contributed by atoms with Crippen molar-refractivity contribution in [1.29, 1.82) is 0 Å². The second-order valence-electron chi connectivity index (χ2n) is 2.50. The molecule has 0 saturated heterocycles. The predicted octanol–water partition coefficient (Wildman–Crippen LogP) is 0.424. The Morgan fingerprint density at radius 2 is 2.00 bits per heavy atom. The molecule has 2 rings (SSSR count). The Balaban J connectivity index is 2.91. The molecule has 0 unspecified atom stereocenters. The van der Waals surface area contributed by atoms with E-state index in [1.54, 1.807) is 0 Å². The van der Waals surface area contributed by atoms with Crippen LogP contribution in [-0.2, 0) is 0 Å². The molecule has 0 radical (unpaired) electrons. The number of hydrogen-bond acceptors (Lipinski definition) is 2. The van der Waals surface area contributed by atoms with Gasteiger partial charge in [0.2, 0.25) is 0 Å². The number of fused-ring (bicyclic) bond motifs is 1. The van der Waals surface area contributed by atoms with Crippen molar-refractivity contribution in [3.05, 3.63) is 30.6 Å². The van der Waals surface area contributed by atoms with Crippen molar-refractivity contribution in [2.75, 3.05) is 0 Å². The number of nitrogens with zero attached hydrogens (tertiary/aromatic N) is 2. The van der Waals surface area contributed by atoms with Gasteiger partial charge in [0.1, 0.15) is 0 Å². The van der Waals surface area contributed by atoms with Crippen molar-refractivity contribution in [2.45, 2.75) is 0 Å². The standard InChI is InChI=1S/C8H5N2.K/c1-3-7-8(9-5-1)4-2-6-10-7;/h1-3,5-6H;. The van der Waals surface area contributed by atoms with E-state index in [1.165, 1.54) is -0.342 Å². The molecule has 0 spiro atoms. The van der Waals surface area contributed by atoms with E-state index >= 15 is 0 Å². The zero-order chi connectivity index (χ0) is 7.68. The fraction of sp³-hybridized carbons (Fsp3) is 0. The second-order valence-corrected chi connectivity index (χ2v) is 4.18. The monoisotopic (exact) mass is 168 g/mol. The first-order valence-electron chi connectivity index (χ1n) is 3.54. The normalized spacial score (nSPS) is 10.4. The molecule has 3 heteroatoms. The second kappa shape index (κ2) is 3.29. The first-order valence-corrected chi connectivity index (χ1v) is 5.10. The van der Waals surface area contributed by atoms with E-state index in [-0.39, 0.29) is 0 Å². The van der Waals surface area contributed by atoms with Crippen LogP contribution in [0, 0.1) is 0 Å². The summed E-state index contributed by atoms with van der Waals surface area (Å²) in [5.41, 5.74) is 2.09. The fourth-order valence-electron chi connectivity index (χ4n) is 1.11. The third-order valence-electron chi connectivity index (χ3n) is 1.70. The van der Waals surface area contributed by atoms with Crippen LogP contribution in [-0.4, -0.2) is 58.9 Å². The van der Waals surface area contributed by atoms with Gasteiger partial charge in [0.05, 0.1) is 0 Å². The Labute approximate surface area is 98.6 Å². The Hall–Kier alpha value is 0.196. The van der Waals surface area contributed by atoms with Crippen LogP contribution in [0.1, 0.15) is 0 Å². The molecular weight excluding hydrogens is 163 g/mol. The van der Waals surface area contributed by atoms with Crippen LogP contribution in [0.5, 0.6) is 0 Å². The molecule has 0 amide bonds. The number of hydrogen-bond donors (Lipinski definition) is 0. The summed E-state index contributed by atoms with van der Waals surface area (Å²) >= 11 is 0.683. The maximum atomic E-state index is 4.27. The summed E-state index contributed by atoms with van der Waals surface area (Å²) in [7, 11) is 0. The molecule has 0 aliphatic carbocycles. The van der Waals surface area contributed by atoms with Crippen LogP contribution >= 0.6 is 0 Å². The summed E-state index contributed by atoms with van der Waals surface area (Å²) in [5, 5.41) is 0. The molecule has 0 atom stereocenters. The van der Waals surface area contributed by atoms with E-state index in [9.17, 15) is 0 Å². The molecule has 11 heavy (non-hydrogen) atoms. The summed E-state index contributed by atoms with van der Waals surface area (Å²) in [5.74, 6) is 0. The summed E-state index contributed by atoms with van der Waals surface area (Å²) in [6.07, 6.45) is 3.67. The minimum atomic E-state index is 0.683. The van der Waals surface area contributed by atoms with Gasteiger partial charge in [0, 0.05) is 0 Å². The summed E-state index contributed by atoms with van der Waals surface area (Å²) in [6, 6.07) is 5.97. The molecule has 2 nitrogen and oxygen atoms in total. The van der Waals surface area contributed by atoms with Crippen LogP contribution in [0.3, 0.4) is 0 Å². The zero-order valence-electron chi connectivity index (χ0n) is 6.28. The van der Waals surface area contributed by atoms with E-state index < -0.39 is 0 Å². The van der Waals surface area contributed by atoms with E-state index in [0.29, 0.717) is 49.0 Å².